The lowest BCUT2D eigenvalue weighted by molar-refractivity contribution is -0.122. The van der Waals surface area contributed by atoms with Gasteiger partial charge in [0.2, 0.25) is 5.91 Å². The molecule has 1 saturated heterocycles. The van der Waals surface area contributed by atoms with E-state index in [0.717, 1.165) is 52.0 Å². The summed E-state index contributed by atoms with van der Waals surface area (Å²) in [5.74, 6) is 0.214. The number of nitrogens with one attached hydrogen (secondary N) is 1. The highest BCUT2D eigenvalue weighted by Gasteiger charge is 2.26. The predicted octanol–water partition coefficient (Wildman–Crippen LogP) is 1.21. The minimum atomic E-state index is -0.266. The summed E-state index contributed by atoms with van der Waals surface area (Å²) in [5.41, 5.74) is 0. The summed E-state index contributed by atoms with van der Waals surface area (Å²) in [7, 11) is 0. The molecule has 0 bridgehead atoms. The van der Waals surface area contributed by atoms with Crippen molar-refractivity contribution >= 4 is 5.91 Å². The maximum absolute atomic E-state index is 12.0. The zero-order chi connectivity index (χ0) is 15.9. The fourth-order valence-corrected chi connectivity index (χ4v) is 3.76. The number of carbonyl (C=O) groups is 1. The second-order valence-electron chi connectivity index (χ2n) is 7.01. The topological polar surface area (TPSA) is 55.8 Å². The molecule has 1 amide bonds. The largest absolute Gasteiger partial charge is 0.392 e. The average Bonchev–Trinajstić information content (AvgIpc) is 2.98. The predicted molar refractivity (Wildman–Crippen MR) is 88.8 cm³/mol. The van der Waals surface area contributed by atoms with Crippen molar-refractivity contribution in [2.24, 2.45) is 0 Å². The van der Waals surface area contributed by atoms with Crippen molar-refractivity contribution in [2.75, 3.05) is 32.7 Å². The zero-order valence-electron chi connectivity index (χ0n) is 14.3. The van der Waals surface area contributed by atoms with Gasteiger partial charge in [0.1, 0.15) is 0 Å². The third-order valence-corrected chi connectivity index (χ3v) is 5.03. The van der Waals surface area contributed by atoms with Crippen molar-refractivity contribution in [1.29, 1.82) is 0 Å². The molecule has 0 aromatic rings. The molecule has 1 aliphatic carbocycles. The molecule has 2 aliphatic rings. The number of carbonyl (C=O) groups excluding carboxylic acids is 1. The molecular formula is C17H33N3O2. The van der Waals surface area contributed by atoms with Crippen LogP contribution >= 0.6 is 0 Å². The van der Waals surface area contributed by atoms with Crippen LogP contribution in [0.2, 0.25) is 0 Å². The Kier molecular flexibility index (Phi) is 7.12. The highest BCUT2D eigenvalue weighted by molar-refractivity contribution is 5.76. The molecule has 22 heavy (non-hydrogen) atoms. The van der Waals surface area contributed by atoms with Gasteiger partial charge in [0, 0.05) is 51.2 Å². The van der Waals surface area contributed by atoms with E-state index in [9.17, 15) is 9.90 Å². The highest BCUT2D eigenvalue weighted by atomic mass is 16.3. The number of nitrogens with zero attached hydrogens (tertiary/aromatic N) is 2. The molecule has 128 valence electrons. The van der Waals surface area contributed by atoms with Crippen LogP contribution in [0.25, 0.3) is 0 Å². The Morgan fingerprint density at radius 3 is 2.68 bits per heavy atom. The van der Waals surface area contributed by atoms with Crippen LogP contribution in [0.15, 0.2) is 0 Å². The summed E-state index contributed by atoms with van der Waals surface area (Å²) < 4.78 is 0. The number of rotatable bonds is 7. The van der Waals surface area contributed by atoms with Crippen LogP contribution in [-0.2, 0) is 4.79 Å². The number of amides is 1. The summed E-state index contributed by atoms with van der Waals surface area (Å²) in [6.45, 7) is 8.68. The van der Waals surface area contributed by atoms with E-state index in [1.165, 1.54) is 12.8 Å². The SMILES string of the molecule is CC[C@@H]1CN(CCC(=O)NC2CCCC2)CCN1C[C@@H](C)O. The minimum absolute atomic E-state index is 0.214. The molecule has 0 spiro atoms. The number of aliphatic hydroxyl groups excluding tert-OH is 1. The Morgan fingerprint density at radius 1 is 1.32 bits per heavy atom. The fraction of sp³-hybridized carbons (Fsp3) is 0.941. The number of hydrogen-bond acceptors (Lipinski definition) is 4. The summed E-state index contributed by atoms with van der Waals surface area (Å²) in [4.78, 5) is 16.8. The van der Waals surface area contributed by atoms with E-state index >= 15 is 0 Å². The highest BCUT2D eigenvalue weighted by Crippen LogP contribution is 2.18. The van der Waals surface area contributed by atoms with Crippen molar-refractivity contribution < 1.29 is 9.90 Å². The lowest BCUT2D eigenvalue weighted by Gasteiger charge is -2.41. The fourth-order valence-electron chi connectivity index (χ4n) is 3.76. The van der Waals surface area contributed by atoms with Crippen molar-refractivity contribution in [3.8, 4) is 0 Å². The van der Waals surface area contributed by atoms with Crippen LogP contribution < -0.4 is 5.32 Å². The number of β-amino-alcohol motifs (C(OH)–C–C–N with tert-alkyl or cyclic N) is 1. The second kappa shape index (κ2) is 8.85. The Balaban J connectivity index is 1.69. The van der Waals surface area contributed by atoms with Gasteiger partial charge in [-0.25, -0.2) is 0 Å². The number of hydrogen-bond donors (Lipinski definition) is 2. The molecule has 1 saturated carbocycles. The number of piperazine rings is 1. The summed E-state index contributed by atoms with van der Waals surface area (Å²) in [6, 6.07) is 0.931. The molecule has 5 nitrogen and oxygen atoms in total. The smallest absolute Gasteiger partial charge is 0.221 e. The Hall–Kier alpha value is -0.650. The standard InChI is InChI=1S/C17H33N3O2/c1-3-16-13-19(10-11-20(16)12-14(2)21)9-8-17(22)18-15-6-4-5-7-15/h14-16,21H,3-13H2,1-2H3,(H,18,22)/t14-,16-/m1/s1. The van der Waals surface area contributed by atoms with Gasteiger partial charge in [-0.3, -0.25) is 14.6 Å². The molecule has 2 fully saturated rings. The zero-order valence-corrected chi connectivity index (χ0v) is 14.3. The second-order valence-corrected chi connectivity index (χ2v) is 7.01. The third kappa shape index (κ3) is 5.52. The van der Waals surface area contributed by atoms with E-state index in [1.54, 1.807) is 0 Å². The van der Waals surface area contributed by atoms with Crippen molar-refractivity contribution in [3.63, 3.8) is 0 Å². The van der Waals surface area contributed by atoms with Crippen LogP contribution in [-0.4, -0.2) is 71.7 Å². The quantitative estimate of drug-likeness (QED) is 0.742. The number of aliphatic hydroxyl groups is 1. The van der Waals surface area contributed by atoms with E-state index in [-0.39, 0.29) is 12.0 Å². The Morgan fingerprint density at radius 2 is 2.05 bits per heavy atom. The lowest BCUT2D eigenvalue weighted by atomic mass is 10.1. The first-order valence-corrected chi connectivity index (χ1v) is 9.02. The van der Waals surface area contributed by atoms with Gasteiger partial charge in [-0.1, -0.05) is 19.8 Å². The van der Waals surface area contributed by atoms with Crippen molar-refractivity contribution in [3.05, 3.63) is 0 Å². The molecule has 0 unspecified atom stereocenters. The van der Waals surface area contributed by atoms with Crippen LogP contribution in [0.5, 0.6) is 0 Å². The third-order valence-electron chi connectivity index (χ3n) is 5.03. The van der Waals surface area contributed by atoms with Gasteiger partial charge in [-0.15, -0.1) is 0 Å². The first-order valence-electron chi connectivity index (χ1n) is 9.02. The minimum Gasteiger partial charge on any atom is -0.392 e. The van der Waals surface area contributed by atoms with E-state index < -0.39 is 0 Å². The van der Waals surface area contributed by atoms with Gasteiger partial charge in [0.25, 0.3) is 0 Å². The van der Waals surface area contributed by atoms with Gasteiger partial charge >= 0.3 is 0 Å². The summed E-state index contributed by atoms with van der Waals surface area (Å²) in [6.07, 6.45) is 6.27. The maximum atomic E-state index is 12.0. The van der Waals surface area contributed by atoms with Crippen LogP contribution in [0.1, 0.15) is 52.4 Å². The van der Waals surface area contributed by atoms with Crippen LogP contribution in [0.3, 0.4) is 0 Å². The molecular weight excluding hydrogens is 278 g/mol. The van der Waals surface area contributed by atoms with Gasteiger partial charge in [0.05, 0.1) is 6.10 Å². The Labute approximate surface area is 135 Å². The van der Waals surface area contributed by atoms with Gasteiger partial charge in [-0.2, -0.15) is 0 Å². The molecule has 2 N–H and O–H groups in total. The van der Waals surface area contributed by atoms with Crippen LogP contribution in [0, 0.1) is 0 Å². The van der Waals surface area contributed by atoms with Crippen LogP contribution in [0.4, 0.5) is 0 Å². The van der Waals surface area contributed by atoms with E-state index in [2.05, 4.69) is 22.0 Å². The van der Waals surface area contributed by atoms with E-state index in [1.807, 2.05) is 6.92 Å². The Bertz CT molecular complexity index is 343. The van der Waals surface area contributed by atoms with Gasteiger partial charge in [-0.05, 0) is 26.2 Å². The average molecular weight is 311 g/mol. The van der Waals surface area contributed by atoms with Gasteiger partial charge < -0.3 is 10.4 Å². The normalized spacial score (nSPS) is 26.2. The molecule has 5 heteroatoms. The summed E-state index contributed by atoms with van der Waals surface area (Å²) >= 11 is 0. The first kappa shape index (κ1) is 17.7. The molecule has 1 aliphatic heterocycles. The molecule has 2 rings (SSSR count). The molecule has 0 aromatic carbocycles. The maximum Gasteiger partial charge on any atom is 0.221 e. The monoisotopic (exact) mass is 311 g/mol. The first-order chi connectivity index (χ1) is 10.6. The molecule has 0 radical (unpaired) electrons. The molecule has 1 heterocycles. The molecule has 0 aromatic heterocycles. The lowest BCUT2D eigenvalue weighted by Crippen LogP contribution is -2.54. The summed E-state index contributed by atoms with van der Waals surface area (Å²) in [5, 5.41) is 12.8. The van der Waals surface area contributed by atoms with E-state index in [0.29, 0.717) is 18.5 Å². The van der Waals surface area contributed by atoms with E-state index in [4.69, 9.17) is 0 Å². The van der Waals surface area contributed by atoms with Gasteiger partial charge in [0.15, 0.2) is 0 Å². The molecule has 2 atom stereocenters. The van der Waals surface area contributed by atoms with Crippen molar-refractivity contribution in [1.82, 2.24) is 15.1 Å². The van der Waals surface area contributed by atoms with Crippen molar-refractivity contribution in [2.45, 2.75) is 70.6 Å².